The second kappa shape index (κ2) is 7.28. The largest absolute Gasteiger partial charge is 0.497 e. The smallest absolute Gasteiger partial charge is 0.279 e. The van der Waals surface area contributed by atoms with Crippen LogP contribution in [0.4, 0.5) is 0 Å². The van der Waals surface area contributed by atoms with Crippen LogP contribution in [0.1, 0.15) is 10.4 Å². The molecule has 27 heavy (non-hydrogen) atoms. The lowest BCUT2D eigenvalue weighted by Crippen LogP contribution is -2.17. The summed E-state index contributed by atoms with van der Waals surface area (Å²) in [4.78, 5) is 17.7. The number of thiazole rings is 1. The monoisotopic (exact) mass is 382 g/mol. The highest BCUT2D eigenvalue weighted by atomic mass is 32.1. The predicted octanol–water partition coefficient (Wildman–Crippen LogP) is 3.41. The number of amides is 1. The Morgan fingerprint density at radius 3 is 2.85 bits per heavy atom. The molecule has 2 heterocycles. The molecule has 1 aromatic heterocycles. The van der Waals surface area contributed by atoms with Gasteiger partial charge in [0.15, 0.2) is 16.3 Å². The second-order valence-corrected chi connectivity index (χ2v) is 6.90. The van der Waals surface area contributed by atoms with Crippen LogP contribution in [0.3, 0.4) is 0 Å². The van der Waals surface area contributed by atoms with E-state index in [2.05, 4.69) is 11.6 Å². The summed E-state index contributed by atoms with van der Waals surface area (Å²) >= 11 is 1.44. The molecule has 0 N–H and O–H groups in total. The third-order valence-corrected chi connectivity index (χ3v) is 5.23. The van der Waals surface area contributed by atoms with Gasteiger partial charge in [-0.1, -0.05) is 17.4 Å². The van der Waals surface area contributed by atoms with Crippen LogP contribution in [-0.2, 0) is 6.54 Å². The molecule has 0 unspecified atom stereocenters. The molecule has 0 spiro atoms. The predicted molar refractivity (Wildman–Crippen MR) is 104 cm³/mol. The van der Waals surface area contributed by atoms with Gasteiger partial charge in [-0.3, -0.25) is 4.79 Å². The topological polar surface area (TPSA) is 62.1 Å². The first kappa shape index (κ1) is 17.4. The lowest BCUT2D eigenvalue weighted by atomic mass is 10.2. The van der Waals surface area contributed by atoms with E-state index in [4.69, 9.17) is 14.2 Å². The summed E-state index contributed by atoms with van der Waals surface area (Å²) in [5, 5.41) is 0. The van der Waals surface area contributed by atoms with Gasteiger partial charge in [-0.2, -0.15) is 4.99 Å². The van der Waals surface area contributed by atoms with Crippen LogP contribution in [0.15, 0.2) is 54.0 Å². The van der Waals surface area contributed by atoms with Crippen LogP contribution in [0.5, 0.6) is 17.2 Å². The zero-order chi connectivity index (χ0) is 18.8. The third-order valence-electron chi connectivity index (χ3n) is 4.19. The van der Waals surface area contributed by atoms with E-state index in [0.29, 0.717) is 41.6 Å². The van der Waals surface area contributed by atoms with Crippen LogP contribution in [0.25, 0.3) is 10.2 Å². The SMILES string of the molecule is C=CCn1c(=NC(=O)c2ccc3c(c2)OCCO3)sc2cc(OC)ccc21. The standard InChI is InChI=1S/C20H18N2O4S/c1-3-8-22-15-6-5-14(24-2)12-18(15)27-20(22)21-19(23)13-4-7-16-17(11-13)26-10-9-25-16/h3-7,11-12H,1,8-10H2,2H3. The van der Waals surface area contributed by atoms with Crippen LogP contribution >= 0.6 is 11.3 Å². The number of hydrogen-bond acceptors (Lipinski definition) is 5. The van der Waals surface area contributed by atoms with Crippen molar-refractivity contribution in [1.82, 2.24) is 4.57 Å². The maximum atomic E-state index is 12.7. The summed E-state index contributed by atoms with van der Waals surface area (Å²) in [6, 6.07) is 10.9. The van der Waals surface area contributed by atoms with E-state index in [9.17, 15) is 4.79 Å². The molecular formula is C20H18N2O4S. The zero-order valence-electron chi connectivity index (χ0n) is 14.8. The number of hydrogen-bond donors (Lipinski definition) is 0. The molecule has 0 bridgehead atoms. The summed E-state index contributed by atoms with van der Waals surface area (Å²) < 4.78 is 19.3. The molecule has 3 aromatic rings. The lowest BCUT2D eigenvalue weighted by molar-refractivity contribution is 0.0996. The molecule has 6 nitrogen and oxygen atoms in total. The maximum absolute atomic E-state index is 12.7. The number of benzene rings is 2. The first-order valence-electron chi connectivity index (χ1n) is 8.46. The van der Waals surface area contributed by atoms with Gasteiger partial charge in [0.2, 0.25) is 0 Å². The van der Waals surface area contributed by atoms with Crippen molar-refractivity contribution in [3.63, 3.8) is 0 Å². The summed E-state index contributed by atoms with van der Waals surface area (Å²) in [6.07, 6.45) is 1.78. The van der Waals surface area contributed by atoms with Crippen molar-refractivity contribution >= 4 is 27.5 Å². The minimum Gasteiger partial charge on any atom is -0.497 e. The fraction of sp³-hybridized carbons (Fsp3) is 0.200. The van der Waals surface area contributed by atoms with E-state index in [1.807, 2.05) is 22.8 Å². The van der Waals surface area contributed by atoms with E-state index in [-0.39, 0.29) is 5.91 Å². The molecule has 1 aliphatic heterocycles. The van der Waals surface area contributed by atoms with Crippen LogP contribution in [0, 0.1) is 0 Å². The Bertz CT molecular complexity index is 1100. The molecule has 0 aliphatic carbocycles. The fourth-order valence-corrected chi connectivity index (χ4v) is 3.97. The van der Waals surface area contributed by atoms with Gasteiger partial charge >= 0.3 is 0 Å². The molecule has 2 aromatic carbocycles. The quantitative estimate of drug-likeness (QED) is 0.649. The maximum Gasteiger partial charge on any atom is 0.279 e. The molecule has 0 saturated heterocycles. The Kier molecular flexibility index (Phi) is 4.68. The van der Waals surface area contributed by atoms with E-state index in [1.54, 1.807) is 31.4 Å². The number of aromatic nitrogens is 1. The minimum atomic E-state index is -0.330. The molecule has 0 fully saturated rings. The molecular weight excluding hydrogens is 364 g/mol. The molecule has 7 heteroatoms. The van der Waals surface area contributed by atoms with Crippen molar-refractivity contribution < 1.29 is 19.0 Å². The van der Waals surface area contributed by atoms with Crippen molar-refractivity contribution in [2.45, 2.75) is 6.54 Å². The molecule has 0 atom stereocenters. The summed E-state index contributed by atoms with van der Waals surface area (Å²) in [6.45, 7) is 5.34. The van der Waals surface area contributed by atoms with Gasteiger partial charge in [-0.25, -0.2) is 0 Å². The van der Waals surface area contributed by atoms with Crippen molar-refractivity contribution in [2.75, 3.05) is 20.3 Å². The Labute approximate surface area is 159 Å². The first-order valence-corrected chi connectivity index (χ1v) is 9.28. The van der Waals surface area contributed by atoms with Crippen molar-refractivity contribution in [3.8, 4) is 17.2 Å². The Hall–Kier alpha value is -3.06. The highest BCUT2D eigenvalue weighted by molar-refractivity contribution is 7.16. The molecule has 0 saturated carbocycles. The van der Waals surface area contributed by atoms with Crippen molar-refractivity contribution in [2.24, 2.45) is 4.99 Å². The van der Waals surface area contributed by atoms with Crippen LogP contribution < -0.4 is 19.0 Å². The van der Waals surface area contributed by atoms with E-state index < -0.39 is 0 Å². The summed E-state index contributed by atoms with van der Waals surface area (Å²) in [5.74, 6) is 1.65. The minimum absolute atomic E-state index is 0.330. The number of carbonyl (C=O) groups excluding carboxylic acids is 1. The van der Waals surface area contributed by atoms with Gasteiger partial charge in [0.25, 0.3) is 5.91 Å². The van der Waals surface area contributed by atoms with Gasteiger partial charge in [0, 0.05) is 12.1 Å². The van der Waals surface area contributed by atoms with Crippen molar-refractivity contribution in [3.05, 3.63) is 59.4 Å². The number of nitrogens with zero attached hydrogens (tertiary/aromatic N) is 2. The molecule has 0 radical (unpaired) electrons. The van der Waals surface area contributed by atoms with Crippen molar-refractivity contribution in [1.29, 1.82) is 0 Å². The first-order chi connectivity index (χ1) is 13.2. The molecule has 1 aliphatic rings. The number of allylic oxidation sites excluding steroid dienone is 1. The van der Waals surface area contributed by atoms with E-state index in [1.165, 1.54) is 11.3 Å². The van der Waals surface area contributed by atoms with Gasteiger partial charge in [0.1, 0.15) is 19.0 Å². The van der Waals surface area contributed by atoms with Crippen LogP contribution in [0.2, 0.25) is 0 Å². The Morgan fingerprint density at radius 2 is 2.07 bits per heavy atom. The average molecular weight is 382 g/mol. The number of fused-ring (bicyclic) bond motifs is 2. The van der Waals surface area contributed by atoms with E-state index in [0.717, 1.165) is 16.0 Å². The lowest BCUT2D eigenvalue weighted by Gasteiger charge is -2.18. The Morgan fingerprint density at radius 1 is 1.26 bits per heavy atom. The zero-order valence-corrected chi connectivity index (χ0v) is 15.6. The van der Waals surface area contributed by atoms with E-state index >= 15 is 0 Å². The van der Waals surface area contributed by atoms with Gasteiger partial charge in [0.05, 0.1) is 17.3 Å². The summed E-state index contributed by atoms with van der Waals surface area (Å²) in [7, 11) is 1.63. The number of methoxy groups -OCH3 is 1. The van der Waals surface area contributed by atoms with Gasteiger partial charge in [-0.15, -0.1) is 6.58 Å². The average Bonchev–Trinajstić information content (AvgIpc) is 3.04. The van der Waals surface area contributed by atoms with Crippen LogP contribution in [-0.4, -0.2) is 30.8 Å². The highest BCUT2D eigenvalue weighted by Crippen LogP contribution is 2.31. The third kappa shape index (κ3) is 3.33. The number of carbonyl (C=O) groups is 1. The normalized spacial score (nSPS) is 13.6. The Balaban J connectivity index is 1.78. The number of ether oxygens (including phenoxy) is 3. The fourth-order valence-electron chi connectivity index (χ4n) is 2.90. The highest BCUT2D eigenvalue weighted by Gasteiger charge is 2.15. The van der Waals surface area contributed by atoms with Gasteiger partial charge < -0.3 is 18.8 Å². The number of rotatable bonds is 4. The van der Waals surface area contributed by atoms with Gasteiger partial charge in [-0.05, 0) is 36.4 Å². The molecule has 4 rings (SSSR count). The summed E-state index contributed by atoms with van der Waals surface area (Å²) in [5.41, 5.74) is 1.44. The second-order valence-electron chi connectivity index (χ2n) is 5.89. The molecule has 1 amide bonds. The molecule has 138 valence electrons.